The van der Waals surface area contributed by atoms with E-state index < -0.39 is 0 Å². The molecule has 1 aliphatic rings. The second kappa shape index (κ2) is 5.35. The number of aromatic amines is 1. The maximum absolute atomic E-state index is 11.8. The number of urea groups is 2. The summed E-state index contributed by atoms with van der Waals surface area (Å²) in [4.78, 5) is 27.4. The number of aromatic nitrogens is 1. The Labute approximate surface area is 120 Å². The van der Waals surface area contributed by atoms with Crippen LogP contribution in [0.1, 0.15) is 5.56 Å². The lowest BCUT2D eigenvalue weighted by atomic mass is 10.1. The number of fused-ring (bicyclic) bond motifs is 1. The van der Waals surface area contributed by atoms with Gasteiger partial charge in [-0.1, -0.05) is 0 Å². The Morgan fingerprint density at radius 2 is 2.29 bits per heavy atom. The fraction of sp³-hybridized carbons (Fsp3) is 0.286. The Morgan fingerprint density at radius 1 is 1.43 bits per heavy atom. The second-order valence-corrected chi connectivity index (χ2v) is 4.91. The van der Waals surface area contributed by atoms with Gasteiger partial charge in [0.1, 0.15) is 5.75 Å². The summed E-state index contributed by atoms with van der Waals surface area (Å²) in [7, 11) is 0. The summed E-state index contributed by atoms with van der Waals surface area (Å²) >= 11 is 0. The maximum Gasteiger partial charge on any atom is 0.325 e. The van der Waals surface area contributed by atoms with Gasteiger partial charge in [0.25, 0.3) is 0 Å². The lowest BCUT2D eigenvalue weighted by molar-refractivity contribution is 0.199. The molecule has 1 aliphatic heterocycles. The van der Waals surface area contributed by atoms with Crippen molar-refractivity contribution in [3.05, 3.63) is 30.0 Å². The molecule has 2 aromatic rings. The zero-order valence-corrected chi connectivity index (χ0v) is 11.3. The van der Waals surface area contributed by atoms with Gasteiger partial charge in [0.2, 0.25) is 0 Å². The van der Waals surface area contributed by atoms with E-state index >= 15 is 0 Å². The highest BCUT2D eigenvalue weighted by atomic mass is 16.3. The number of H-pyrrole nitrogens is 1. The molecule has 7 nitrogen and oxygen atoms in total. The normalized spacial score (nSPS) is 14.5. The minimum absolute atomic E-state index is 0.209. The van der Waals surface area contributed by atoms with Gasteiger partial charge in [0.15, 0.2) is 0 Å². The van der Waals surface area contributed by atoms with E-state index in [0.717, 1.165) is 21.4 Å². The standard InChI is InChI=1S/C14H16N4O3/c19-10-1-2-12-11(7-10)9(8-17-12)3-4-15-13(20)18-6-5-16-14(18)21/h1-2,7-8,17,19H,3-6H2,(H,15,20)(H,16,21). The van der Waals surface area contributed by atoms with Crippen molar-refractivity contribution in [3.8, 4) is 5.75 Å². The number of hydrogen-bond acceptors (Lipinski definition) is 3. The van der Waals surface area contributed by atoms with Gasteiger partial charge in [-0.2, -0.15) is 0 Å². The molecule has 0 bridgehead atoms. The highest BCUT2D eigenvalue weighted by molar-refractivity contribution is 5.94. The number of nitrogens with one attached hydrogen (secondary N) is 3. The lowest BCUT2D eigenvalue weighted by Crippen LogP contribution is -2.42. The Morgan fingerprint density at radius 3 is 3.05 bits per heavy atom. The van der Waals surface area contributed by atoms with Crippen molar-refractivity contribution < 1.29 is 14.7 Å². The number of rotatable bonds is 3. The summed E-state index contributed by atoms with van der Waals surface area (Å²) in [6, 6.07) is 4.38. The Balaban J connectivity index is 1.60. The van der Waals surface area contributed by atoms with E-state index in [-0.39, 0.29) is 17.8 Å². The monoisotopic (exact) mass is 288 g/mol. The van der Waals surface area contributed by atoms with Crippen molar-refractivity contribution in [1.82, 2.24) is 20.5 Å². The molecule has 110 valence electrons. The van der Waals surface area contributed by atoms with Gasteiger partial charge in [-0.25, -0.2) is 14.5 Å². The molecule has 0 spiro atoms. The third kappa shape index (κ3) is 2.62. The van der Waals surface area contributed by atoms with Crippen LogP contribution in [0.25, 0.3) is 10.9 Å². The first-order valence-electron chi connectivity index (χ1n) is 6.77. The molecule has 0 radical (unpaired) electrons. The minimum atomic E-state index is -0.382. The Kier molecular flexibility index (Phi) is 3.39. The molecule has 3 rings (SSSR count). The number of carbonyl (C=O) groups excluding carboxylic acids is 2. The minimum Gasteiger partial charge on any atom is -0.508 e. The number of benzene rings is 1. The van der Waals surface area contributed by atoms with Gasteiger partial charge < -0.3 is 20.7 Å². The van der Waals surface area contributed by atoms with Gasteiger partial charge in [-0.15, -0.1) is 0 Å². The summed E-state index contributed by atoms with van der Waals surface area (Å²) in [5.41, 5.74) is 1.94. The van der Waals surface area contributed by atoms with Crippen molar-refractivity contribution >= 4 is 23.0 Å². The van der Waals surface area contributed by atoms with E-state index in [9.17, 15) is 14.7 Å². The molecule has 0 saturated carbocycles. The van der Waals surface area contributed by atoms with Crippen LogP contribution in [-0.4, -0.2) is 46.7 Å². The highest BCUT2D eigenvalue weighted by Crippen LogP contribution is 2.22. The summed E-state index contributed by atoms with van der Waals surface area (Å²) in [5, 5.41) is 15.8. The molecule has 2 heterocycles. The molecule has 1 fully saturated rings. The number of nitrogens with zero attached hydrogens (tertiary/aromatic N) is 1. The summed E-state index contributed by atoms with van der Waals surface area (Å²) in [6.45, 7) is 1.31. The molecule has 0 aliphatic carbocycles. The molecule has 4 amide bonds. The predicted molar refractivity (Wildman–Crippen MR) is 77.2 cm³/mol. The first-order valence-corrected chi connectivity index (χ1v) is 6.77. The SMILES string of the molecule is O=C(NCCc1c[nH]c2ccc(O)cc12)N1CCNC1=O. The number of phenols is 1. The Hall–Kier alpha value is -2.70. The maximum atomic E-state index is 11.8. The van der Waals surface area contributed by atoms with Gasteiger partial charge in [-0.3, -0.25) is 0 Å². The number of hydrogen-bond donors (Lipinski definition) is 4. The van der Waals surface area contributed by atoms with E-state index in [4.69, 9.17) is 0 Å². The third-order valence-corrected chi connectivity index (χ3v) is 3.52. The van der Waals surface area contributed by atoms with Crippen LogP contribution in [0.15, 0.2) is 24.4 Å². The van der Waals surface area contributed by atoms with Crippen LogP contribution < -0.4 is 10.6 Å². The van der Waals surface area contributed by atoms with Crippen LogP contribution in [0.4, 0.5) is 9.59 Å². The molecule has 0 atom stereocenters. The highest BCUT2D eigenvalue weighted by Gasteiger charge is 2.25. The quantitative estimate of drug-likeness (QED) is 0.682. The lowest BCUT2D eigenvalue weighted by Gasteiger charge is -2.13. The molecule has 1 aromatic heterocycles. The van der Waals surface area contributed by atoms with E-state index in [1.54, 1.807) is 18.2 Å². The van der Waals surface area contributed by atoms with Crippen molar-refractivity contribution in [2.24, 2.45) is 0 Å². The summed E-state index contributed by atoms with van der Waals surface area (Å²) < 4.78 is 0. The smallest absolute Gasteiger partial charge is 0.325 e. The van der Waals surface area contributed by atoms with Crippen molar-refractivity contribution in [1.29, 1.82) is 0 Å². The van der Waals surface area contributed by atoms with Gasteiger partial charge >= 0.3 is 12.1 Å². The summed E-state index contributed by atoms with van der Waals surface area (Å²) in [5.74, 6) is 0.209. The van der Waals surface area contributed by atoms with Crippen LogP contribution >= 0.6 is 0 Å². The fourth-order valence-corrected chi connectivity index (χ4v) is 2.44. The number of imide groups is 1. The van der Waals surface area contributed by atoms with Crippen LogP contribution in [0.3, 0.4) is 0 Å². The average Bonchev–Trinajstić information content (AvgIpc) is 3.05. The van der Waals surface area contributed by atoms with Gasteiger partial charge in [0.05, 0.1) is 0 Å². The number of phenolic OH excluding ortho intramolecular Hbond substituents is 1. The van der Waals surface area contributed by atoms with Crippen molar-refractivity contribution in [2.75, 3.05) is 19.6 Å². The Bertz CT molecular complexity index is 695. The molecule has 1 aromatic carbocycles. The van der Waals surface area contributed by atoms with Crippen molar-refractivity contribution in [3.63, 3.8) is 0 Å². The van der Waals surface area contributed by atoms with E-state index in [1.165, 1.54) is 0 Å². The average molecular weight is 288 g/mol. The molecular weight excluding hydrogens is 272 g/mol. The second-order valence-electron chi connectivity index (χ2n) is 4.91. The zero-order valence-electron chi connectivity index (χ0n) is 11.3. The predicted octanol–water partition coefficient (Wildman–Crippen LogP) is 1.15. The molecule has 1 saturated heterocycles. The van der Waals surface area contributed by atoms with Crippen molar-refractivity contribution in [2.45, 2.75) is 6.42 Å². The van der Waals surface area contributed by atoms with E-state index in [2.05, 4.69) is 15.6 Å². The number of amides is 4. The van der Waals surface area contributed by atoms with E-state index in [1.807, 2.05) is 6.20 Å². The molecule has 0 unspecified atom stereocenters. The molecule has 7 heteroatoms. The number of carbonyl (C=O) groups is 2. The molecule has 21 heavy (non-hydrogen) atoms. The zero-order chi connectivity index (χ0) is 14.8. The van der Waals surface area contributed by atoms with Gasteiger partial charge in [0, 0.05) is 36.7 Å². The summed E-state index contributed by atoms with van der Waals surface area (Å²) in [6.07, 6.45) is 2.48. The third-order valence-electron chi connectivity index (χ3n) is 3.52. The van der Waals surface area contributed by atoms with Gasteiger partial charge in [-0.05, 0) is 30.2 Å². The van der Waals surface area contributed by atoms with Crippen LogP contribution in [-0.2, 0) is 6.42 Å². The first kappa shape index (κ1) is 13.3. The molecule has 4 N–H and O–H groups in total. The van der Waals surface area contributed by atoms with E-state index in [0.29, 0.717) is 26.1 Å². The van der Waals surface area contributed by atoms with Crippen LogP contribution in [0.5, 0.6) is 5.75 Å². The molecular formula is C14H16N4O3. The van der Waals surface area contributed by atoms with Crippen LogP contribution in [0.2, 0.25) is 0 Å². The van der Waals surface area contributed by atoms with Crippen LogP contribution in [0, 0.1) is 0 Å². The topological polar surface area (TPSA) is 97.5 Å². The fourth-order valence-electron chi connectivity index (χ4n) is 2.44. The number of aromatic hydroxyl groups is 1. The first-order chi connectivity index (χ1) is 10.1. The largest absolute Gasteiger partial charge is 0.508 e.